The fourth-order valence-corrected chi connectivity index (χ4v) is 3.14. The Balaban J connectivity index is 0.000000245. The van der Waals surface area contributed by atoms with E-state index in [0.29, 0.717) is 6.61 Å². The van der Waals surface area contributed by atoms with Crippen LogP contribution in [0.3, 0.4) is 0 Å². The fourth-order valence-electron chi connectivity index (χ4n) is 2.00. The van der Waals surface area contributed by atoms with Crippen molar-refractivity contribution in [3.05, 3.63) is 97.9 Å². The summed E-state index contributed by atoms with van der Waals surface area (Å²) in [5, 5.41) is 20.7. The summed E-state index contributed by atoms with van der Waals surface area (Å²) in [7, 11) is 0. The molecule has 0 saturated heterocycles. The summed E-state index contributed by atoms with van der Waals surface area (Å²) in [6.45, 7) is 0.306. The monoisotopic (exact) mass is 594 g/mol. The molecule has 3 aromatic rings. The number of pyridine rings is 2. The largest absolute Gasteiger partial charge is 0.472 e. The van der Waals surface area contributed by atoms with Crippen molar-refractivity contribution >= 4 is 66.4 Å². The van der Waals surface area contributed by atoms with Gasteiger partial charge in [-0.2, -0.15) is 0 Å². The summed E-state index contributed by atoms with van der Waals surface area (Å²) in [6.07, 6.45) is 2.03. The second-order valence-corrected chi connectivity index (χ2v) is 7.84. The van der Waals surface area contributed by atoms with Gasteiger partial charge in [0, 0.05) is 0 Å². The van der Waals surface area contributed by atoms with Crippen LogP contribution < -0.4 is 10.3 Å². The van der Waals surface area contributed by atoms with Crippen LogP contribution in [-0.4, -0.2) is 19.8 Å². The zero-order valence-corrected chi connectivity index (χ0v) is 19.7. The van der Waals surface area contributed by atoms with Crippen molar-refractivity contribution in [2.24, 2.45) is 0 Å². The fraction of sp³-hybridized carbons (Fsp3) is 0.0588. The SMILES string of the molecule is O=[N+]([O-])c1cnc(OCc2ccccc2)c(Br)c1Cl.O=c1[nH]cc([N+](=O)[O-])c(Cl)c1Br. The zero-order chi connectivity index (χ0) is 23.1. The van der Waals surface area contributed by atoms with E-state index in [1.807, 2.05) is 30.3 Å². The Hall–Kier alpha value is -2.54. The molecule has 0 saturated carbocycles. The molecule has 0 aliphatic carbocycles. The minimum atomic E-state index is -0.678. The first-order valence-electron chi connectivity index (χ1n) is 7.99. The van der Waals surface area contributed by atoms with E-state index >= 15 is 0 Å². The average molecular weight is 597 g/mol. The maximum Gasteiger partial charge on any atom is 0.307 e. The third-order valence-electron chi connectivity index (χ3n) is 3.48. The number of halogens is 4. The molecule has 0 bridgehead atoms. The third-order valence-corrected chi connectivity index (χ3v) is 6.19. The summed E-state index contributed by atoms with van der Waals surface area (Å²) in [6, 6.07) is 9.50. The molecule has 0 aliphatic rings. The van der Waals surface area contributed by atoms with E-state index in [9.17, 15) is 25.0 Å². The van der Waals surface area contributed by atoms with Crippen molar-refractivity contribution in [2.45, 2.75) is 6.61 Å². The number of aromatic nitrogens is 2. The number of hydrogen-bond donors (Lipinski definition) is 1. The topological polar surface area (TPSA) is 141 Å². The maximum atomic E-state index is 10.8. The van der Waals surface area contributed by atoms with Gasteiger partial charge in [-0.05, 0) is 37.4 Å². The van der Waals surface area contributed by atoms with E-state index in [0.717, 1.165) is 18.0 Å². The van der Waals surface area contributed by atoms with Crippen LogP contribution in [0.25, 0.3) is 0 Å². The summed E-state index contributed by atoms with van der Waals surface area (Å²) >= 11 is 17.3. The molecule has 31 heavy (non-hydrogen) atoms. The molecule has 14 heteroatoms. The lowest BCUT2D eigenvalue weighted by molar-refractivity contribution is -0.385. The second kappa shape index (κ2) is 11.2. The molecule has 2 aromatic heterocycles. The van der Waals surface area contributed by atoms with Crippen molar-refractivity contribution < 1.29 is 14.6 Å². The second-order valence-electron chi connectivity index (χ2n) is 5.50. The summed E-state index contributed by atoms with van der Waals surface area (Å²) in [4.78, 5) is 36.5. The van der Waals surface area contributed by atoms with Gasteiger partial charge in [0.05, 0.1) is 16.0 Å². The normalized spacial score (nSPS) is 10.1. The van der Waals surface area contributed by atoms with E-state index in [2.05, 4.69) is 41.8 Å². The number of nitro groups is 2. The molecule has 2 heterocycles. The van der Waals surface area contributed by atoms with Crippen LogP contribution in [0.1, 0.15) is 5.56 Å². The van der Waals surface area contributed by atoms with Gasteiger partial charge in [0.2, 0.25) is 5.88 Å². The summed E-state index contributed by atoms with van der Waals surface area (Å²) < 4.78 is 5.72. The maximum absolute atomic E-state index is 10.8. The van der Waals surface area contributed by atoms with Crippen LogP contribution in [0.2, 0.25) is 10.0 Å². The molecule has 1 N–H and O–H groups in total. The van der Waals surface area contributed by atoms with Crippen molar-refractivity contribution in [3.8, 4) is 5.88 Å². The predicted octanol–water partition coefficient (Wildman–Crippen LogP) is 5.68. The van der Waals surface area contributed by atoms with Crippen molar-refractivity contribution in [2.75, 3.05) is 0 Å². The molecule has 0 unspecified atom stereocenters. The van der Waals surface area contributed by atoms with E-state index < -0.39 is 15.4 Å². The Kier molecular flexibility index (Phi) is 8.92. The Morgan fingerprint density at radius 2 is 1.58 bits per heavy atom. The molecule has 0 aliphatic heterocycles. The highest BCUT2D eigenvalue weighted by Gasteiger charge is 2.20. The number of benzene rings is 1. The Labute approximate surface area is 200 Å². The minimum absolute atomic E-state index is 0.0249. The summed E-state index contributed by atoms with van der Waals surface area (Å²) in [5.74, 6) is 0.222. The third kappa shape index (κ3) is 6.47. The molecule has 10 nitrogen and oxygen atoms in total. The highest BCUT2D eigenvalue weighted by Crippen LogP contribution is 2.37. The number of aromatic amines is 1. The number of hydrogen-bond acceptors (Lipinski definition) is 7. The van der Waals surface area contributed by atoms with Gasteiger partial charge in [0.25, 0.3) is 5.56 Å². The molecule has 0 amide bonds. The van der Waals surface area contributed by atoms with E-state index in [1.54, 1.807) is 0 Å². The minimum Gasteiger partial charge on any atom is -0.472 e. The van der Waals surface area contributed by atoms with Crippen LogP contribution in [0.5, 0.6) is 5.88 Å². The molecule has 0 spiro atoms. The Bertz CT molecular complexity index is 1180. The van der Waals surface area contributed by atoms with Gasteiger partial charge in [-0.25, -0.2) is 4.98 Å². The molecular formula is C17H10Br2Cl2N4O6. The zero-order valence-electron chi connectivity index (χ0n) is 15.1. The van der Waals surface area contributed by atoms with E-state index in [-0.39, 0.29) is 36.2 Å². The predicted molar refractivity (Wildman–Crippen MR) is 121 cm³/mol. The first-order chi connectivity index (χ1) is 14.6. The average Bonchev–Trinajstić information content (AvgIpc) is 2.74. The van der Waals surface area contributed by atoms with Crippen molar-refractivity contribution in [1.29, 1.82) is 0 Å². The Morgan fingerprint density at radius 1 is 1.00 bits per heavy atom. The van der Waals surface area contributed by atoms with Gasteiger partial charge < -0.3 is 9.72 Å². The smallest absolute Gasteiger partial charge is 0.307 e. The number of nitrogens with one attached hydrogen (secondary N) is 1. The number of nitrogens with zero attached hydrogens (tertiary/aromatic N) is 3. The van der Waals surface area contributed by atoms with Crippen LogP contribution in [0, 0.1) is 20.2 Å². The highest BCUT2D eigenvalue weighted by atomic mass is 79.9. The highest BCUT2D eigenvalue weighted by molar-refractivity contribution is 9.11. The number of rotatable bonds is 5. The van der Waals surface area contributed by atoms with Crippen molar-refractivity contribution in [3.63, 3.8) is 0 Å². The molecule has 0 atom stereocenters. The molecule has 0 fully saturated rings. The lowest BCUT2D eigenvalue weighted by Crippen LogP contribution is -2.07. The van der Waals surface area contributed by atoms with Gasteiger partial charge in [0.1, 0.15) is 31.8 Å². The lowest BCUT2D eigenvalue weighted by atomic mass is 10.2. The van der Waals surface area contributed by atoms with Gasteiger partial charge >= 0.3 is 11.4 Å². The van der Waals surface area contributed by atoms with Crippen LogP contribution in [0.15, 0.2) is 56.5 Å². The number of ether oxygens (including phenoxy) is 1. The van der Waals surface area contributed by atoms with Crippen LogP contribution in [-0.2, 0) is 6.61 Å². The first-order valence-corrected chi connectivity index (χ1v) is 10.3. The van der Waals surface area contributed by atoms with Gasteiger partial charge in [-0.1, -0.05) is 53.5 Å². The number of H-pyrrole nitrogens is 1. The van der Waals surface area contributed by atoms with Gasteiger partial charge in [-0.15, -0.1) is 0 Å². The van der Waals surface area contributed by atoms with E-state index in [4.69, 9.17) is 27.9 Å². The van der Waals surface area contributed by atoms with E-state index in [1.165, 1.54) is 0 Å². The van der Waals surface area contributed by atoms with Gasteiger partial charge in [0.15, 0.2) is 0 Å². The quantitative estimate of drug-likeness (QED) is 0.295. The molecule has 1 aromatic carbocycles. The van der Waals surface area contributed by atoms with Crippen LogP contribution >= 0.6 is 55.1 Å². The Morgan fingerprint density at radius 3 is 2.16 bits per heavy atom. The molecule has 162 valence electrons. The first kappa shape index (κ1) is 24.7. The molecular weight excluding hydrogens is 587 g/mol. The lowest BCUT2D eigenvalue weighted by Gasteiger charge is -2.08. The summed E-state index contributed by atoms with van der Waals surface area (Å²) in [5.41, 5.74) is -0.125. The van der Waals surface area contributed by atoms with Crippen LogP contribution in [0.4, 0.5) is 11.4 Å². The molecule has 3 rings (SSSR count). The molecule has 0 radical (unpaired) electrons. The van der Waals surface area contributed by atoms with Crippen molar-refractivity contribution in [1.82, 2.24) is 9.97 Å². The van der Waals surface area contributed by atoms with Gasteiger partial charge in [-0.3, -0.25) is 25.0 Å². The standard InChI is InChI=1S/C12H8BrClN2O3.C5H2BrClN2O3/c13-10-11(14)9(16(17)18)6-15-12(10)19-7-8-4-2-1-3-5-8;6-3-4(7)2(9(11)12)1-8-5(3)10/h1-6H,7H2;1H,(H,8,10).